The molecule has 1 aliphatic rings. The van der Waals surface area contributed by atoms with Crippen LogP contribution in [-0.4, -0.2) is 37.2 Å². The number of nitriles is 1. The van der Waals surface area contributed by atoms with E-state index < -0.39 is 0 Å². The molecule has 134 valence electrons. The highest BCUT2D eigenvalue weighted by atomic mass is 16.6. The van der Waals surface area contributed by atoms with Crippen LogP contribution in [0.3, 0.4) is 0 Å². The summed E-state index contributed by atoms with van der Waals surface area (Å²) < 4.78 is 11.6. The van der Waals surface area contributed by atoms with Crippen LogP contribution in [0.15, 0.2) is 48.5 Å². The number of urea groups is 1. The van der Waals surface area contributed by atoms with Crippen LogP contribution in [0.2, 0.25) is 0 Å². The van der Waals surface area contributed by atoms with E-state index >= 15 is 0 Å². The Morgan fingerprint density at radius 2 is 1.96 bits per heavy atom. The van der Waals surface area contributed by atoms with Gasteiger partial charge in [0.25, 0.3) is 0 Å². The van der Waals surface area contributed by atoms with Crippen molar-refractivity contribution in [2.75, 3.05) is 20.2 Å². The molecule has 2 aromatic carbocycles. The summed E-state index contributed by atoms with van der Waals surface area (Å²) in [6.45, 7) is 2.73. The van der Waals surface area contributed by atoms with E-state index in [1.807, 2.05) is 43.3 Å². The number of rotatable bonds is 4. The van der Waals surface area contributed by atoms with Crippen LogP contribution in [-0.2, 0) is 0 Å². The molecule has 0 radical (unpaired) electrons. The zero-order valence-corrected chi connectivity index (χ0v) is 14.8. The number of para-hydroxylation sites is 2. The van der Waals surface area contributed by atoms with E-state index in [0.717, 1.165) is 11.3 Å². The van der Waals surface area contributed by atoms with Gasteiger partial charge in [0, 0.05) is 7.05 Å². The number of nitrogens with one attached hydrogen (secondary N) is 1. The molecule has 6 heteroatoms. The Kier molecular flexibility index (Phi) is 5.28. The molecule has 2 aromatic rings. The van der Waals surface area contributed by atoms with Gasteiger partial charge in [0.15, 0.2) is 17.6 Å². The van der Waals surface area contributed by atoms with E-state index in [1.165, 1.54) is 0 Å². The molecule has 2 amide bonds. The summed E-state index contributed by atoms with van der Waals surface area (Å²) >= 11 is 0. The van der Waals surface area contributed by atoms with Gasteiger partial charge in [0.05, 0.1) is 24.2 Å². The molecule has 0 aliphatic carbocycles. The molecule has 0 bridgehead atoms. The monoisotopic (exact) mass is 351 g/mol. The van der Waals surface area contributed by atoms with Crippen LogP contribution in [0.5, 0.6) is 11.5 Å². The van der Waals surface area contributed by atoms with E-state index in [1.54, 1.807) is 24.1 Å². The molecule has 2 atom stereocenters. The SMILES string of the molecule is CC(NC(=O)N(C)CC1COc2ccccc2O1)c1ccc(C#N)cc1. The van der Waals surface area contributed by atoms with Gasteiger partial charge in [-0.25, -0.2) is 4.79 Å². The first-order valence-electron chi connectivity index (χ1n) is 8.47. The molecule has 0 spiro atoms. The van der Waals surface area contributed by atoms with Gasteiger partial charge in [0.2, 0.25) is 0 Å². The van der Waals surface area contributed by atoms with Gasteiger partial charge in [-0.15, -0.1) is 0 Å². The van der Waals surface area contributed by atoms with Gasteiger partial charge in [-0.2, -0.15) is 5.26 Å². The minimum Gasteiger partial charge on any atom is -0.486 e. The Morgan fingerprint density at radius 3 is 2.65 bits per heavy atom. The van der Waals surface area contributed by atoms with E-state index in [9.17, 15) is 4.79 Å². The number of fused-ring (bicyclic) bond motifs is 1. The number of carbonyl (C=O) groups is 1. The van der Waals surface area contributed by atoms with Crippen LogP contribution in [0, 0.1) is 11.3 Å². The van der Waals surface area contributed by atoms with Crippen LogP contribution < -0.4 is 14.8 Å². The van der Waals surface area contributed by atoms with Crippen molar-refractivity contribution >= 4 is 6.03 Å². The maximum Gasteiger partial charge on any atom is 0.317 e. The topological polar surface area (TPSA) is 74.6 Å². The highest BCUT2D eigenvalue weighted by Crippen LogP contribution is 2.30. The van der Waals surface area contributed by atoms with Crippen molar-refractivity contribution in [2.45, 2.75) is 19.1 Å². The minimum absolute atomic E-state index is 0.165. The Bertz CT molecular complexity index is 814. The van der Waals surface area contributed by atoms with Crippen LogP contribution >= 0.6 is 0 Å². The van der Waals surface area contributed by atoms with Gasteiger partial charge in [-0.05, 0) is 36.8 Å². The molecule has 0 fully saturated rings. The predicted octanol–water partition coefficient (Wildman–Crippen LogP) is 3.10. The van der Waals surface area contributed by atoms with E-state index in [2.05, 4.69) is 11.4 Å². The molecule has 2 unspecified atom stereocenters. The van der Waals surface area contributed by atoms with E-state index in [-0.39, 0.29) is 18.2 Å². The Hall–Kier alpha value is -3.20. The lowest BCUT2D eigenvalue weighted by Gasteiger charge is -2.30. The number of benzene rings is 2. The quantitative estimate of drug-likeness (QED) is 0.918. The molecule has 1 heterocycles. The molecule has 0 saturated heterocycles. The second-order valence-corrected chi connectivity index (χ2v) is 6.28. The van der Waals surface area contributed by atoms with Crippen molar-refractivity contribution in [2.24, 2.45) is 0 Å². The number of likely N-dealkylation sites (N-methyl/N-ethyl adjacent to an activating group) is 1. The molecule has 0 saturated carbocycles. The molecule has 26 heavy (non-hydrogen) atoms. The first-order valence-corrected chi connectivity index (χ1v) is 8.47. The molecule has 0 aromatic heterocycles. The standard InChI is InChI=1S/C20H21N3O3/c1-14(16-9-7-15(11-21)8-10-16)22-20(24)23(2)12-17-13-25-18-5-3-4-6-19(18)26-17/h3-10,14,17H,12-13H2,1-2H3,(H,22,24). The third-order valence-electron chi connectivity index (χ3n) is 4.27. The van der Waals surface area contributed by atoms with Gasteiger partial charge < -0.3 is 19.7 Å². The van der Waals surface area contributed by atoms with Gasteiger partial charge in [0.1, 0.15) is 6.61 Å². The summed E-state index contributed by atoms with van der Waals surface area (Å²) in [6, 6.07) is 16.4. The maximum atomic E-state index is 12.4. The van der Waals surface area contributed by atoms with Crippen molar-refractivity contribution in [1.29, 1.82) is 5.26 Å². The summed E-state index contributed by atoms with van der Waals surface area (Å²) in [4.78, 5) is 14.0. The lowest BCUT2D eigenvalue weighted by atomic mass is 10.1. The summed E-state index contributed by atoms with van der Waals surface area (Å²) in [5, 5.41) is 11.8. The number of carbonyl (C=O) groups excluding carboxylic acids is 1. The normalized spacial score (nSPS) is 16.3. The number of hydrogen-bond donors (Lipinski definition) is 1. The van der Waals surface area contributed by atoms with Crippen LogP contribution in [0.1, 0.15) is 24.1 Å². The van der Waals surface area contributed by atoms with Crippen LogP contribution in [0.4, 0.5) is 4.79 Å². The van der Waals surface area contributed by atoms with Gasteiger partial charge in [-0.3, -0.25) is 0 Å². The Balaban J connectivity index is 1.54. The minimum atomic E-state index is -0.217. The molecular weight excluding hydrogens is 330 g/mol. The van der Waals surface area contributed by atoms with Crippen molar-refractivity contribution in [3.05, 3.63) is 59.7 Å². The van der Waals surface area contributed by atoms with Gasteiger partial charge >= 0.3 is 6.03 Å². The molecule has 6 nitrogen and oxygen atoms in total. The van der Waals surface area contributed by atoms with Crippen molar-refractivity contribution in [3.8, 4) is 17.6 Å². The number of hydrogen-bond acceptors (Lipinski definition) is 4. The zero-order chi connectivity index (χ0) is 18.5. The smallest absolute Gasteiger partial charge is 0.317 e. The summed E-state index contributed by atoms with van der Waals surface area (Å²) in [7, 11) is 1.73. The molecule has 3 rings (SSSR count). The highest BCUT2D eigenvalue weighted by Gasteiger charge is 2.24. The lowest BCUT2D eigenvalue weighted by molar-refractivity contribution is 0.0713. The molecule has 1 aliphatic heterocycles. The maximum absolute atomic E-state index is 12.4. The lowest BCUT2D eigenvalue weighted by Crippen LogP contribution is -2.46. The van der Waals surface area contributed by atoms with Crippen molar-refractivity contribution < 1.29 is 14.3 Å². The Morgan fingerprint density at radius 1 is 1.27 bits per heavy atom. The summed E-state index contributed by atoms with van der Waals surface area (Å²) in [6.07, 6.45) is -0.217. The second kappa shape index (κ2) is 7.79. The van der Waals surface area contributed by atoms with E-state index in [0.29, 0.717) is 24.5 Å². The first-order chi connectivity index (χ1) is 12.6. The summed E-state index contributed by atoms with van der Waals surface area (Å²) in [5.41, 5.74) is 1.54. The number of nitrogens with zero attached hydrogens (tertiary/aromatic N) is 2. The summed E-state index contributed by atoms with van der Waals surface area (Å²) in [5.74, 6) is 1.42. The average Bonchev–Trinajstić information content (AvgIpc) is 2.67. The van der Waals surface area contributed by atoms with Crippen molar-refractivity contribution in [1.82, 2.24) is 10.2 Å². The highest BCUT2D eigenvalue weighted by molar-refractivity contribution is 5.74. The average molecular weight is 351 g/mol. The van der Waals surface area contributed by atoms with E-state index in [4.69, 9.17) is 14.7 Å². The third kappa shape index (κ3) is 4.06. The third-order valence-corrected chi connectivity index (χ3v) is 4.27. The number of ether oxygens (including phenoxy) is 2. The molecule has 1 N–H and O–H groups in total. The van der Waals surface area contributed by atoms with Crippen LogP contribution in [0.25, 0.3) is 0 Å². The molecular formula is C20H21N3O3. The fourth-order valence-corrected chi connectivity index (χ4v) is 2.77. The first kappa shape index (κ1) is 17.6. The predicted molar refractivity (Wildman–Crippen MR) is 97.1 cm³/mol. The van der Waals surface area contributed by atoms with Gasteiger partial charge in [-0.1, -0.05) is 24.3 Å². The zero-order valence-electron chi connectivity index (χ0n) is 14.8. The fraction of sp³-hybridized carbons (Fsp3) is 0.300. The fourth-order valence-electron chi connectivity index (χ4n) is 2.77. The second-order valence-electron chi connectivity index (χ2n) is 6.28. The van der Waals surface area contributed by atoms with Crippen molar-refractivity contribution in [3.63, 3.8) is 0 Å². The Labute approximate surface area is 152 Å². The number of amides is 2. The largest absolute Gasteiger partial charge is 0.486 e.